The van der Waals surface area contributed by atoms with E-state index in [1.807, 2.05) is 19.1 Å². The maximum atomic E-state index is 13.0. The molecule has 2 N–H and O–H groups in total. The monoisotopic (exact) mass is 423 g/mol. The number of phenols is 1. The van der Waals surface area contributed by atoms with Gasteiger partial charge < -0.3 is 24.6 Å². The fourth-order valence-electron chi connectivity index (χ4n) is 4.15. The average Bonchev–Trinajstić information content (AvgIpc) is 3.37. The first-order valence-electron chi connectivity index (χ1n) is 10.2. The highest BCUT2D eigenvalue weighted by Crippen LogP contribution is 2.42. The Labute approximate surface area is 180 Å². The van der Waals surface area contributed by atoms with Gasteiger partial charge in [-0.2, -0.15) is 0 Å². The molecule has 2 aliphatic rings. The van der Waals surface area contributed by atoms with Gasteiger partial charge in [0.25, 0.3) is 11.7 Å². The highest BCUT2D eigenvalue weighted by atomic mass is 16.5. The SMILES string of the molecule is COc1cc(C2/C(=C(/O)c3ccc(C)cc3)C(=O)C(=O)N2CC2CCCO2)ccc1O. The van der Waals surface area contributed by atoms with Gasteiger partial charge in [0.15, 0.2) is 11.5 Å². The molecule has 2 atom stereocenters. The number of aliphatic hydroxyl groups excluding tert-OH is 1. The number of nitrogens with zero attached hydrogens (tertiary/aromatic N) is 1. The molecule has 0 aliphatic carbocycles. The quantitative estimate of drug-likeness (QED) is 0.435. The summed E-state index contributed by atoms with van der Waals surface area (Å²) in [5, 5.41) is 21.1. The predicted molar refractivity (Wildman–Crippen MR) is 114 cm³/mol. The number of carbonyl (C=O) groups is 2. The van der Waals surface area contributed by atoms with Gasteiger partial charge in [-0.1, -0.05) is 35.9 Å². The topological polar surface area (TPSA) is 96.3 Å². The molecule has 4 rings (SSSR count). The molecule has 0 radical (unpaired) electrons. The summed E-state index contributed by atoms with van der Waals surface area (Å²) in [4.78, 5) is 27.5. The maximum Gasteiger partial charge on any atom is 0.295 e. The summed E-state index contributed by atoms with van der Waals surface area (Å²) in [5.74, 6) is -1.49. The minimum absolute atomic E-state index is 0.0135. The van der Waals surface area contributed by atoms with Gasteiger partial charge in [0.1, 0.15) is 5.76 Å². The Hall–Kier alpha value is -3.32. The first-order chi connectivity index (χ1) is 14.9. The molecule has 0 spiro atoms. The number of aromatic hydroxyl groups is 1. The number of phenolic OH excluding ortho intramolecular Hbond substituents is 1. The normalized spacial score (nSPS) is 22.8. The Morgan fingerprint density at radius 1 is 1.19 bits per heavy atom. The lowest BCUT2D eigenvalue weighted by Crippen LogP contribution is -2.36. The average molecular weight is 423 g/mol. The first kappa shape index (κ1) is 20.9. The van der Waals surface area contributed by atoms with E-state index in [0.29, 0.717) is 17.7 Å². The molecule has 0 bridgehead atoms. The molecular formula is C24H25NO6. The number of methoxy groups -OCH3 is 1. The van der Waals surface area contributed by atoms with Crippen LogP contribution < -0.4 is 4.74 Å². The van der Waals surface area contributed by atoms with E-state index in [9.17, 15) is 19.8 Å². The second-order valence-electron chi connectivity index (χ2n) is 7.88. The van der Waals surface area contributed by atoms with Crippen molar-refractivity contribution in [2.75, 3.05) is 20.3 Å². The van der Waals surface area contributed by atoms with Gasteiger partial charge in [0.05, 0.1) is 24.8 Å². The number of benzene rings is 2. The number of carbonyl (C=O) groups excluding carboxylic acids is 2. The van der Waals surface area contributed by atoms with E-state index in [1.165, 1.54) is 18.1 Å². The van der Waals surface area contributed by atoms with E-state index in [1.54, 1.807) is 24.3 Å². The number of aliphatic hydroxyl groups is 1. The number of hydrogen-bond acceptors (Lipinski definition) is 6. The fraction of sp³-hybridized carbons (Fsp3) is 0.333. The van der Waals surface area contributed by atoms with E-state index >= 15 is 0 Å². The summed E-state index contributed by atoms with van der Waals surface area (Å²) < 4.78 is 10.9. The van der Waals surface area contributed by atoms with Crippen LogP contribution >= 0.6 is 0 Å². The molecule has 1 amide bonds. The van der Waals surface area contributed by atoms with Crippen molar-refractivity contribution in [2.45, 2.75) is 31.9 Å². The van der Waals surface area contributed by atoms with Crippen LogP contribution in [0, 0.1) is 6.92 Å². The van der Waals surface area contributed by atoms with Gasteiger partial charge in [-0.05, 0) is 37.5 Å². The van der Waals surface area contributed by atoms with Gasteiger partial charge in [0, 0.05) is 18.7 Å². The summed E-state index contributed by atoms with van der Waals surface area (Å²) in [5.41, 5.74) is 2.03. The second kappa shape index (κ2) is 8.43. The molecule has 2 aromatic rings. The molecular weight excluding hydrogens is 398 g/mol. The van der Waals surface area contributed by atoms with Crippen molar-refractivity contribution in [3.8, 4) is 11.5 Å². The van der Waals surface area contributed by atoms with Crippen LogP contribution in [0.15, 0.2) is 48.0 Å². The molecule has 7 heteroatoms. The highest BCUT2D eigenvalue weighted by molar-refractivity contribution is 6.46. The van der Waals surface area contributed by atoms with Crippen LogP contribution in [0.3, 0.4) is 0 Å². The summed E-state index contributed by atoms with van der Waals surface area (Å²) >= 11 is 0. The van der Waals surface area contributed by atoms with E-state index in [2.05, 4.69) is 0 Å². The molecule has 2 heterocycles. The first-order valence-corrected chi connectivity index (χ1v) is 10.2. The molecule has 31 heavy (non-hydrogen) atoms. The number of ketones is 1. The molecule has 2 unspecified atom stereocenters. The summed E-state index contributed by atoms with van der Waals surface area (Å²) in [7, 11) is 1.43. The molecule has 7 nitrogen and oxygen atoms in total. The van der Waals surface area contributed by atoms with Crippen molar-refractivity contribution in [3.63, 3.8) is 0 Å². The van der Waals surface area contributed by atoms with E-state index < -0.39 is 17.7 Å². The van der Waals surface area contributed by atoms with E-state index in [-0.39, 0.29) is 35.5 Å². The van der Waals surface area contributed by atoms with Crippen molar-refractivity contribution >= 4 is 17.4 Å². The van der Waals surface area contributed by atoms with Crippen LogP contribution in [0.4, 0.5) is 0 Å². The van der Waals surface area contributed by atoms with Gasteiger partial charge in [0.2, 0.25) is 0 Å². The third-order valence-electron chi connectivity index (χ3n) is 5.81. The van der Waals surface area contributed by atoms with Crippen molar-refractivity contribution in [1.29, 1.82) is 0 Å². The van der Waals surface area contributed by atoms with Gasteiger partial charge in [-0.25, -0.2) is 0 Å². The minimum atomic E-state index is -0.819. The Morgan fingerprint density at radius 3 is 2.58 bits per heavy atom. The Kier molecular flexibility index (Phi) is 5.69. The molecule has 2 aliphatic heterocycles. The zero-order chi connectivity index (χ0) is 22.1. The van der Waals surface area contributed by atoms with Crippen molar-refractivity contribution in [2.24, 2.45) is 0 Å². The highest BCUT2D eigenvalue weighted by Gasteiger charge is 2.47. The van der Waals surface area contributed by atoms with Crippen LogP contribution in [-0.4, -0.2) is 53.2 Å². The minimum Gasteiger partial charge on any atom is -0.507 e. The van der Waals surface area contributed by atoms with E-state index in [0.717, 1.165) is 18.4 Å². The fourth-order valence-corrected chi connectivity index (χ4v) is 4.15. The molecule has 2 aromatic carbocycles. The van der Waals surface area contributed by atoms with Gasteiger partial charge >= 0.3 is 0 Å². The largest absolute Gasteiger partial charge is 0.507 e. The number of amides is 1. The zero-order valence-corrected chi connectivity index (χ0v) is 17.5. The third-order valence-corrected chi connectivity index (χ3v) is 5.81. The Bertz CT molecular complexity index is 1040. The van der Waals surface area contributed by atoms with Crippen molar-refractivity contribution in [3.05, 3.63) is 64.7 Å². The number of aryl methyl sites for hydroxylation is 1. The summed E-state index contributed by atoms with van der Waals surface area (Å²) in [6, 6.07) is 10.9. The number of Topliss-reactive ketones (excluding diaryl/α,β-unsaturated/α-hetero) is 1. The standard InChI is InChI=1S/C24H25NO6/c1-14-5-7-15(8-6-14)22(27)20-21(16-9-10-18(26)19(12-16)30-2)25(24(29)23(20)28)13-17-4-3-11-31-17/h5-10,12,17,21,26-27H,3-4,11,13H2,1-2H3/b22-20-. The van der Waals surface area contributed by atoms with E-state index in [4.69, 9.17) is 9.47 Å². The van der Waals surface area contributed by atoms with Crippen LogP contribution in [0.25, 0.3) is 5.76 Å². The smallest absolute Gasteiger partial charge is 0.295 e. The van der Waals surface area contributed by atoms with Crippen LogP contribution in [0.5, 0.6) is 11.5 Å². The lowest BCUT2D eigenvalue weighted by molar-refractivity contribution is -0.140. The molecule has 162 valence electrons. The third kappa shape index (κ3) is 3.88. The molecule has 2 saturated heterocycles. The summed E-state index contributed by atoms with van der Waals surface area (Å²) in [6.07, 6.45) is 1.53. The number of likely N-dealkylation sites (tertiary alicyclic amines) is 1. The van der Waals surface area contributed by atoms with Crippen molar-refractivity contribution in [1.82, 2.24) is 4.90 Å². The van der Waals surface area contributed by atoms with Crippen LogP contribution in [0.1, 0.15) is 35.6 Å². The second-order valence-corrected chi connectivity index (χ2v) is 7.88. The molecule has 2 fully saturated rings. The van der Waals surface area contributed by atoms with Gasteiger partial charge in [-0.3, -0.25) is 9.59 Å². The molecule has 0 aromatic heterocycles. The Morgan fingerprint density at radius 2 is 1.94 bits per heavy atom. The molecule has 0 saturated carbocycles. The predicted octanol–water partition coefficient (Wildman–Crippen LogP) is 3.31. The zero-order valence-electron chi connectivity index (χ0n) is 17.5. The number of hydrogen-bond donors (Lipinski definition) is 2. The Balaban J connectivity index is 1.85. The number of ether oxygens (including phenoxy) is 2. The lowest BCUT2D eigenvalue weighted by atomic mass is 9.94. The van der Waals surface area contributed by atoms with Crippen LogP contribution in [0.2, 0.25) is 0 Å². The summed E-state index contributed by atoms with van der Waals surface area (Å²) in [6.45, 7) is 2.78. The lowest BCUT2D eigenvalue weighted by Gasteiger charge is -2.27. The van der Waals surface area contributed by atoms with Crippen LogP contribution in [-0.2, 0) is 14.3 Å². The number of rotatable bonds is 5. The van der Waals surface area contributed by atoms with Crippen molar-refractivity contribution < 1.29 is 29.3 Å². The maximum absolute atomic E-state index is 13.0. The van der Waals surface area contributed by atoms with Gasteiger partial charge in [-0.15, -0.1) is 0 Å².